The Balaban J connectivity index is 1.44. The van der Waals surface area contributed by atoms with Crippen molar-refractivity contribution in [2.75, 3.05) is 11.9 Å². The van der Waals surface area contributed by atoms with Crippen LogP contribution in [0.4, 0.5) is 5.69 Å². The zero-order valence-electron chi connectivity index (χ0n) is 20.6. The van der Waals surface area contributed by atoms with Crippen molar-refractivity contribution in [3.8, 4) is 5.82 Å². The normalized spacial score (nSPS) is 17.1. The third-order valence-corrected chi connectivity index (χ3v) is 7.06. The van der Waals surface area contributed by atoms with Crippen LogP contribution in [0.15, 0.2) is 79.3 Å². The molecule has 9 heteroatoms. The molecule has 3 aromatic heterocycles. The topological polar surface area (TPSA) is 75.1 Å². The van der Waals surface area contributed by atoms with Gasteiger partial charge in [0.15, 0.2) is 5.11 Å². The summed E-state index contributed by atoms with van der Waals surface area (Å²) in [6, 6.07) is 19.2. The number of hydrogen-bond donors (Lipinski definition) is 2. The Hall–Kier alpha value is -3.75. The van der Waals surface area contributed by atoms with E-state index in [9.17, 15) is 4.79 Å². The van der Waals surface area contributed by atoms with Gasteiger partial charge >= 0.3 is 0 Å². The number of nitrogens with zero attached hydrogens (tertiary/aromatic N) is 4. The molecule has 2 atom stereocenters. The average molecular weight is 531 g/mol. The summed E-state index contributed by atoms with van der Waals surface area (Å²) in [5.74, 6) is 0.681. The van der Waals surface area contributed by atoms with E-state index in [4.69, 9.17) is 23.8 Å². The minimum absolute atomic E-state index is 0.0636. The minimum Gasteiger partial charge on any atom is -0.352 e. The molecule has 7 nitrogen and oxygen atoms in total. The number of amides is 1. The molecule has 188 valence electrons. The maximum Gasteiger partial charge on any atom is 0.226 e. The van der Waals surface area contributed by atoms with E-state index < -0.39 is 0 Å². The number of benzene rings is 1. The first-order valence-electron chi connectivity index (χ1n) is 12.0. The second kappa shape index (κ2) is 10.7. The first-order chi connectivity index (χ1) is 17.9. The Morgan fingerprint density at radius 2 is 1.97 bits per heavy atom. The van der Waals surface area contributed by atoms with Gasteiger partial charge < -0.3 is 20.1 Å². The lowest BCUT2D eigenvalue weighted by Gasteiger charge is -2.28. The number of rotatable bonds is 7. The number of aromatic nitrogens is 3. The highest BCUT2D eigenvalue weighted by Gasteiger charge is 2.41. The van der Waals surface area contributed by atoms with Crippen molar-refractivity contribution in [3.05, 3.63) is 107 Å². The van der Waals surface area contributed by atoms with Gasteiger partial charge in [-0.05, 0) is 79.7 Å². The van der Waals surface area contributed by atoms with Gasteiger partial charge in [0, 0.05) is 42.9 Å². The van der Waals surface area contributed by atoms with Crippen LogP contribution in [0.3, 0.4) is 0 Å². The van der Waals surface area contributed by atoms with Gasteiger partial charge in [0.25, 0.3) is 0 Å². The van der Waals surface area contributed by atoms with Crippen molar-refractivity contribution in [1.29, 1.82) is 0 Å². The smallest absolute Gasteiger partial charge is 0.226 e. The molecule has 1 aromatic carbocycles. The second-order valence-electron chi connectivity index (χ2n) is 9.07. The quantitative estimate of drug-likeness (QED) is 0.306. The SMILES string of the molecule is Cc1ccc(C)c(NC(=O)CCN2C(=S)N[C@H](c3ccccn3)[C@@H]2c2cccn2-c2ccc(Cl)cn2)c1. The number of halogens is 1. The number of hydrogen-bond acceptors (Lipinski definition) is 4. The minimum atomic E-state index is -0.205. The van der Waals surface area contributed by atoms with Crippen molar-refractivity contribution in [3.63, 3.8) is 0 Å². The van der Waals surface area contributed by atoms with E-state index in [2.05, 4.69) is 31.6 Å². The van der Waals surface area contributed by atoms with Crippen LogP contribution in [0.25, 0.3) is 5.82 Å². The molecule has 1 aliphatic heterocycles. The van der Waals surface area contributed by atoms with E-state index in [1.54, 1.807) is 12.4 Å². The fourth-order valence-corrected chi connectivity index (χ4v) is 5.07. The molecule has 0 saturated carbocycles. The molecule has 2 N–H and O–H groups in total. The van der Waals surface area contributed by atoms with E-state index in [-0.39, 0.29) is 24.4 Å². The number of thiocarbonyl (C=S) groups is 1. The van der Waals surface area contributed by atoms with Crippen LogP contribution < -0.4 is 10.6 Å². The van der Waals surface area contributed by atoms with Crippen LogP contribution in [-0.4, -0.2) is 37.0 Å². The van der Waals surface area contributed by atoms with Crippen LogP contribution in [-0.2, 0) is 4.79 Å². The maximum absolute atomic E-state index is 13.0. The highest BCUT2D eigenvalue weighted by atomic mass is 35.5. The summed E-state index contributed by atoms with van der Waals surface area (Å²) in [5, 5.41) is 7.65. The molecule has 0 unspecified atom stereocenters. The monoisotopic (exact) mass is 530 g/mol. The number of carbonyl (C=O) groups is 1. The van der Waals surface area contributed by atoms with Crippen LogP contribution in [0.2, 0.25) is 5.02 Å². The molecule has 5 rings (SSSR count). The highest BCUT2D eigenvalue weighted by molar-refractivity contribution is 7.80. The van der Waals surface area contributed by atoms with Gasteiger partial charge in [-0.1, -0.05) is 29.8 Å². The molecule has 0 spiro atoms. The molecule has 0 aliphatic carbocycles. The van der Waals surface area contributed by atoms with Crippen LogP contribution in [0.5, 0.6) is 0 Å². The molecule has 1 saturated heterocycles. The second-order valence-corrected chi connectivity index (χ2v) is 9.90. The maximum atomic E-state index is 13.0. The fraction of sp³-hybridized carbons (Fsp3) is 0.214. The van der Waals surface area contributed by atoms with Crippen molar-refractivity contribution in [2.24, 2.45) is 0 Å². The van der Waals surface area contributed by atoms with Crippen LogP contribution >= 0.6 is 23.8 Å². The van der Waals surface area contributed by atoms with Crippen molar-refractivity contribution in [2.45, 2.75) is 32.4 Å². The number of carbonyl (C=O) groups excluding carboxylic acids is 1. The zero-order chi connectivity index (χ0) is 25.9. The van der Waals surface area contributed by atoms with Gasteiger partial charge in [-0.2, -0.15) is 0 Å². The summed E-state index contributed by atoms with van der Waals surface area (Å²) in [6.45, 7) is 4.44. The van der Waals surface area contributed by atoms with Gasteiger partial charge in [0.2, 0.25) is 5.91 Å². The predicted octanol–water partition coefficient (Wildman–Crippen LogP) is 5.54. The molecule has 0 radical (unpaired) electrons. The molecule has 0 bridgehead atoms. The van der Waals surface area contributed by atoms with Crippen LogP contribution in [0.1, 0.15) is 41.0 Å². The first-order valence-corrected chi connectivity index (χ1v) is 12.8. The molecule has 4 aromatic rings. The number of nitrogens with one attached hydrogen (secondary N) is 2. The molecule has 1 aliphatic rings. The van der Waals surface area contributed by atoms with Crippen molar-refractivity contribution >= 4 is 40.5 Å². The van der Waals surface area contributed by atoms with Gasteiger partial charge in [-0.25, -0.2) is 4.98 Å². The highest BCUT2D eigenvalue weighted by Crippen LogP contribution is 2.39. The summed E-state index contributed by atoms with van der Waals surface area (Å²) in [7, 11) is 0. The Labute approximate surface area is 226 Å². The molecular formula is C28H27ClN6OS. The summed E-state index contributed by atoms with van der Waals surface area (Å²) in [5.41, 5.74) is 4.80. The average Bonchev–Trinajstić information content (AvgIpc) is 3.50. The van der Waals surface area contributed by atoms with Crippen molar-refractivity contribution in [1.82, 2.24) is 24.8 Å². The summed E-state index contributed by atoms with van der Waals surface area (Å²) >= 11 is 11.9. The van der Waals surface area contributed by atoms with Gasteiger partial charge in [0.1, 0.15) is 5.82 Å². The van der Waals surface area contributed by atoms with Gasteiger partial charge in [-0.3, -0.25) is 9.78 Å². The molecule has 4 heterocycles. The lowest BCUT2D eigenvalue weighted by atomic mass is 10.0. The third kappa shape index (κ3) is 5.35. The van der Waals surface area contributed by atoms with Crippen molar-refractivity contribution < 1.29 is 4.79 Å². The largest absolute Gasteiger partial charge is 0.352 e. The van der Waals surface area contributed by atoms with E-state index in [0.717, 1.165) is 34.0 Å². The van der Waals surface area contributed by atoms with Gasteiger partial charge in [0.05, 0.1) is 22.8 Å². The summed E-state index contributed by atoms with van der Waals surface area (Å²) in [6.07, 6.45) is 5.65. The first kappa shape index (κ1) is 24.9. The zero-order valence-corrected chi connectivity index (χ0v) is 22.1. The standard InChI is InChI=1S/C28H27ClN6OS/c1-18-8-9-19(2)22(16-18)32-25(36)12-15-35-27(26(33-28(35)37)21-6-3-4-13-30-21)23-7-5-14-34(23)24-11-10-20(29)17-31-24/h3-11,13-14,16-17,26-27H,12,15H2,1-2H3,(H,32,36)(H,33,37)/t26-,27+/m1/s1. The predicted molar refractivity (Wildman–Crippen MR) is 150 cm³/mol. The van der Waals surface area contributed by atoms with E-state index in [1.165, 1.54) is 0 Å². The lowest BCUT2D eigenvalue weighted by Crippen LogP contribution is -2.33. The van der Waals surface area contributed by atoms with Gasteiger partial charge in [-0.15, -0.1) is 0 Å². The molecular weight excluding hydrogens is 504 g/mol. The van der Waals surface area contributed by atoms with E-state index in [0.29, 0.717) is 16.7 Å². The molecule has 37 heavy (non-hydrogen) atoms. The Morgan fingerprint density at radius 1 is 1.11 bits per heavy atom. The fourth-order valence-electron chi connectivity index (χ4n) is 4.63. The molecule has 1 amide bonds. The van der Waals surface area contributed by atoms with Crippen LogP contribution in [0, 0.1) is 13.8 Å². The number of pyridine rings is 2. The van der Waals surface area contributed by atoms with E-state index >= 15 is 0 Å². The number of aryl methyl sites for hydroxylation is 2. The third-order valence-electron chi connectivity index (χ3n) is 6.49. The Kier molecular flexibility index (Phi) is 7.21. The lowest BCUT2D eigenvalue weighted by molar-refractivity contribution is -0.116. The number of anilines is 1. The Morgan fingerprint density at radius 3 is 2.73 bits per heavy atom. The molecule has 1 fully saturated rings. The summed E-state index contributed by atoms with van der Waals surface area (Å²) in [4.78, 5) is 24.1. The van der Waals surface area contributed by atoms with E-state index in [1.807, 2.05) is 79.2 Å². The summed E-state index contributed by atoms with van der Waals surface area (Å²) < 4.78 is 2.02. The Bertz CT molecular complexity index is 1420.